The maximum atomic E-state index is 11.7. The van der Waals surface area contributed by atoms with Crippen LogP contribution in [0, 0.1) is 0 Å². The highest BCUT2D eigenvalue weighted by atomic mass is 16.6. The number of rotatable bonds is 5. The SMILES string of the molecule is CC(C)(C)OC(=O)NCc1cc(N)cc(OCc2ccccc2)c1. The van der Waals surface area contributed by atoms with Crippen molar-refractivity contribution in [2.45, 2.75) is 39.5 Å². The Balaban J connectivity index is 1.94. The molecule has 0 saturated heterocycles. The number of alkyl carbamates (subject to hydrolysis) is 1. The molecule has 0 bridgehead atoms. The van der Waals surface area contributed by atoms with Crippen LogP contribution in [-0.2, 0) is 17.9 Å². The van der Waals surface area contributed by atoms with E-state index in [4.69, 9.17) is 15.2 Å². The first-order valence-corrected chi connectivity index (χ1v) is 7.85. The first-order valence-electron chi connectivity index (χ1n) is 7.85. The second-order valence-electron chi connectivity index (χ2n) is 6.54. The summed E-state index contributed by atoms with van der Waals surface area (Å²) in [5, 5.41) is 2.71. The van der Waals surface area contributed by atoms with Gasteiger partial charge in [0.2, 0.25) is 0 Å². The van der Waals surface area contributed by atoms with E-state index in [0.29, 0.717) is 24.6 Å². The highest BCUT2D eigenvalue weighted by molar-refractivity contribution is 5.67. The van der Waals surface area contributed by atoms with Gasteiger partial charge in [-0.05, 0) is 44.0 Å². The number of benzene rings is 2. The molecule has 24 heavy (non-hydrogen) atoms. The van der Waals surface area contributed by atoms with Gasteiger partial charge in [0.15, 0.2) is 0 Å². The van der Waals surface area contributed by atoms with E-state index in [1.54, 1.807) is 12.1 Å². The monoisotopic (exact) mass is 328 g/mol. The number of nitrogens with two attached hydrogens (primary N) is 1. The van der Waals surface area contributed by atoms with Gasteiger partial charge >= 0.3 is 6.09 Å². The Labute approximate surface area is 142 Å². The first-order chi connectivity index (χ1) is 11.3. The average molecular weight is 328 g/mol. The lowest BCUT2D eigenvalue weighted by Gasteiger charge is -2.19. The van der Waals surface area contributed by atoms with E-state index in [0.717, 1.165) is 11.1 Å². The number of hydrogen-bond donors (Lipinski definition) is 2. The molecule has 0 spiro atoms. The second kappa shape index (κ2) is 7.73. The number of ether oxygens (including phenoxy) is 2. The van der Waals surface area contributed by atoms with E-state index in [2.05, 4.69) is 5.32 Å². The van der Waals surface area contributed by atoms with Crippen molar-refractivity contribution in [2.24, 2.45) is 0 Å². The Hall–Kier alpha value is -2.69. The summed E-state index contributed by atoms with van der Waals surface area (Å²) >= 11 is 0. The quantitative estimate of drug-likeness (QED) is 0.817. The summed E-state index contributed by atoms with van der Waals surface area (Å²) in [5.74, 6) is 0.667. The van der Waals surface area contributed by atoms with Crippen LogP contribution >= 0.6 is 0 Å². The smallest absolute Gasteiger partial charge is 0.407 e. The van der Waals surface area contributed by atoms with Crippen molar-refractivity contribution < 1.29 is 14.3 Å². The molecule has 0 unspecified atom stereocenters. The molecular weight excluding hydrogens is 304 g/mol. The predicted molar refractivity (Wildman–Crippen MR) is 94.7 cm³/mol. The molecule has 128 valence electrons. The summed E-state index contributed by atoms with van der Waals surface area (Å²) in [6.07, 6.45) is -0.461. The van der Waals surface area contributed by atoms with Gasteiger partial charge in [-0.25, -0.2) is 4.79 Å². The van der Waals surface area contributed by atoms with Crippen molar-refractivity contribution in [3.8, 4) is 5.75 Å². The molecule has 0 aliphatic carbocycles. The molecule has 0 aliphatic heterocycles. The van der Waals surface area contributed by atoms with Gasteiger partial charge in [0.25, 0.3) is 0 Å². The Morgan fingerprint density at radius 3 is 2.46 bits per heavy atom. The van der Waals surface area contributed by atoms with Crippen LogP contribution in [0.15, 0.2) is 48.5 Å². The lowest BCUT2D eigenvalue weighted by atomic mass is 10.2. The standard InChI is InChI=1S/C19H24N2O3/c1-19(2,3)24-18(22)21-12-15-9-16(20)11-17(10-15)23-13-14-7-5-4-6-8-14/h4-11H,12-13,20H2,1-3H3,(H,21,22). The van der Waals surface area contributed by atoms with Gasteiger partial charge in [-0.2, -0.15) is 0 Å². The minimum atomic E-state index is -0.524. The van der Waals surface area contributed by atoms with Gasteiger partial charge in [-0.3, -0.25) is 0 Å². The van der Waals surface area contributed by atoms with E-state index >= 15 is 0 Å². The predicted octanol–water partition coefficient (Wildman–Crippen LogP) is 3.87. The zero-order chi connectivity index (χ0) is 17.6. The molecule has 5 nitrogen and oxygen atoms in total. The van der Waals surface area contributed by atoms with Crippen LogP contribution in [0.3, 0.4) is 0 Å². The molecular formula is C19H24N2O3. The second-order valence-corrected chi connectivity index (χ2v) is 6.54. The van der Waals surface area contributed by atoms with Crippen molar-refractivity contribution in [3.63, 3.8) is 0 Å². The van der Waals surface area contributed by atoms with Crippen molar-refractivity contribution in [3.05, 3.63) is 59.7 Å². The molecule has 5 heteroatoms. The molecule has 1 amide bonds. The van der Waals surface area contributed by atoms with Crippen LogP contribution in [0.5, 0.6) is 5.75 Å². The fraction of sp³-hybridized carbons (Fsp3) is 0.316. The highest BCUT2D eigenvalue weighted by Gasteiger charge is 2.15. The maximum Gasteiger partial charge on any atom is 0.407 e. The minimum absolute atomic E-state index is 0.321. The zero-order valence-corrected chi connectivity index (χ0v) is 14.3. The summed E-state index contributed by atoms with van der Waals surface area (Å²) in [7, 11) is 0. The fourth-order valence-electron chi connectivity index (χ4n) is 2.10. The normalized spacial score (nSPS) is 11.0. The van der Waals surface area contributed by atoms with E-state index in [9.17, 15) is 4.79 Å². The third-order valence-electron chi connectivity index (χ3n) is 3.07. The van der Waals surface area contributed by atoms with Gasteiger partial charge < -0.3 is 20.5 Å². The van der Waals surface area contributed by atoms with Crippen LogP contribution in [0.1, 0.15) is 31.9 Å². The van der Waals surface area contributed by atoms with Crippen molar-refractivity contribution in [1.29, 1.82) is 0 Å². The van der Waals surface area contributed by atoms with Crippen LogP contribution in [0.4, 0.5) is 10.5 Å². The van der Waals surface area contributed by atoms with E-state index < -0.39 is 11.7 Å². The minimum Gasteiger partial charge on any atom is -0.489 e. The fourth-order valence-corrected chi connectivity index (χ4v) is 2.10. The topological polar surface area (TPSA) is 73.6 Å². The number of nitrogens with one attached hydrogen (secondary N) is 1. The van der Waals surface area contributed by atoms with Gasteiger partial charge in [0.05, 0.1) is 0 Å². The van der Waals surface area contributed by atoms with Crippen molar-refractivity contribution >= 4 is 11.8 Å². The van der Waals surface area contributed by atoms with Crippen molar-refractivity contribution in [2.75, 3.05) is 5.73 Å². The van der Waals surface area contributed by atoms with E-state index in [1.165, 1.54) is 0 Å². The van der Waals surface area contributed by atoms with Crippen LogP contribution in [0.2, 0.25) is 0 Å². The number of hydrogen-bond acceptors (Lipinski definition) is 4. The molecule has 2 aromatic carbocycles. The molecule has 0 fully saturated rings. The summed E-state index contributed by atoms with van der Waals surface area (Å²) in [4.78, 5) is 11.7. The maximum absolute atomic E-state index is 11.7. The van der Waals surface area contributed by atoms with Crippen LogP contribution in [-0.4, -0.2) is 11.7 Å². The summed E-state index contributed by atoms with van der Waals surface area (Å²) in [6, 6.07) is 15.3. The third-order valence-corrected chi connectivity index (χ3v) is 3.07. The highest BCUT2D eigenvalue weighted by Crippen LogP contribution is 2.20. The van der Waals surface area contributed by atoms with Gasteiger partial charge in [0, 0.05) is 18.3 Å². The van der Waals surface area contributed by atoms with Crippen LogP contribution < -0.4 is 15.8 Å². The number of carbonyl (C=O) groups excluding carboxylic acids is 1. The molecule has 0 aromatic heterocycles. The number of nitrogen functional groups attached to an aromatic ring is 1. The summed E-state index contributed by atoms with van der Waals surface area (Å²) in [5.41, 5.74) is 7.90. The summed E-state index contributed by atoms with van der Waals surface area (Å²) in [6.45, 7) is 6.25. The molecule has 0 aliphatic rings. The van der Waals surface area contributed by atoms with E-state index in [1.807, 2.05) is 57.2 Å². The molecule has 2 rings (SSSR count). The van der Waals surface area contributed by atoms with E-state index in [-0.39, 0.29) is 0 Å². The van der Waals surface area contributed by atoms with Crippen molar-refractivity contribution in [1.82, 2.24) is 5.32 Å². The number of anilines is 1. The lowest BCUT2D eigenvalue weighted by Crippen LogP contribution is -2.32. The Morgan fingerprint density at radius 1 is 1.08 bits per heavy atom. The Kier molecular flexibility index (Phi) is 5.68. The Morgan fingerprint density at radius 2 is 1.79 bits per heavy atom. The van der Waals surface area contributed by atoms with Gasteiger partial charge in [-0.1, -0.05) is 30.3 Å². The largest absolute Gasteiger partial charge is 0.489 e. The molecule has 2 aromatic rings. The first kappa shape index (κ1) is 17.7. The third kappa shape index (κ3) is 6.20. The average Bonchev–Trinajstić information content (AvgIpc) is 2.50. The van der Waals surface area contributed by atoms with Gasteiger partial charge in [0.1, 0.15) is 18.0 Å². The molecule has 0 saturated carbocycles. The molecule has 0 heterocycles. The van der Waals surface area contributed by atoms with Crippen LogP contribution in [0.25, 0.3) is 0 Å². The molecule has 0 atom stereocenters. The number of carbonyl (C=O) groups is 1. The Bertz CT molecular complexity index is 679. The molecule has 0 radical (unpaired) electrons. The zero-order valence-electron chi connectivity index (χ0n) is 14.3. The lowest BCUT2D eigenvalue weighted by molar-refractivity contribution is 0.0523. The number of amides is 1. The molecule has 3 N–H and O–H groups in total. The summed E-state index contributed by atoms with van der Waals surface area (Å²) < 4.78 is 11.0. The van der Waals surface area contributed by atoms with Gasteiger partial charge in [-0.15, -0.1) is 0 Å².